The van der Waals surface area contributed by atoms with Crippen molar-refractivity contribution in [3.8, 4) is 5.75 Å². The molecule has 38 heavy (non-hydrogen) atoms. The van der Waals surface area contributed by atoms with Gasteiger partial charge in [-0.2, -0.15) is 0 Å². The van der Waals surface area contributed by atoms with E-state index in [-0.39, 0.29) is 5.56 Å². The standard InChI is InChI=1S/C28H31FN6O3/c1-7-20(29)14-30-19(5)22-10-9-11-24(27(22)37-6)34-25-13-26(32-16-23(25)28(36)35-38-8-2)33-21-12-17(3)18(4)31-15-21/h7,9-16H,1,8H2,2-6H3,(H,35,36)(H2,32,33,34)/b20-14+,30-19?. The van der Waals surface area contributed by atoms with Gasteiger partial charge >= 0.3 is 0 Å². The van der Waals surface area contributed by atoms with E-state index < -0.39 is 11.7 Å². The van der Waals surface area contributed by atoms with Crippen LogP contribution in [-0.4, -0.2) is 35.3 Å². The maximum Gasteiger partial charge on any atom is 0.278 e. The second kappa shape index (κ2) is 13.1. The van der Waals surface area contributed by atoms with E-state index in [1.54, 1.807) is 44.3 Å². The number of methoxy groups -OCH3 is 1. The summed E-state index contributed by atoms with van der Waals surface area (Å²) in [5.41, 5.74) is 7.53. The Balaban J connectivity index is 2.03. The largest absolute Gasteiger partial charge is 0.494 e. The fourth-order valence-electron chi connectivity index (χ4n) is 3.43. The number of hydrogen-bond donors (Lipinski definition) is 3. The van der Waals surface area contributed by atoms with E-state index >= 15 is 0 Å². The topological polar surface area (TPSA) is 110 Å². The van der Waals surface area contributed by atoms with Gasteiger partial charge < -0.3 is 15.4 Å². The first kappa shape index (κ1) is 28.0. The highest BCUT2D eigenvalue weighted by molar-refractivity contribution is 6.04. The van der Waals surface area contributed by atoms with Gasteiger partial charge in [-0.15, -0.1) is 0 Å². The summed E-state index contributed by atoms with van der Waals surface area (Å²) >= 11 is 0. The number of carbonyl (C=O) groups is 1. The molecule has 2 heterocycles. The number of rotatable bonds is 11. The lowest BCUT2D eigenvalue weighted by atomic mass is 10.1. The van der Waals surface area contributed by atoms with Gasteiger partial charge in [0.05, 0.1) is 48.7 Å². The average molecular weight is 519 g/mol. The van der Waals surface area contributed by atoms with Crippen LogP contribution in [0.1, 0.15) is 41.0 Å². The monoisotopic (exact) mass is 518 g/mol. The number of ether oxygens (including phenoxy) is 1. The number of pyridine rings is 2. The van der Waals surface area contributed by atoms with Gasteiger partial charge in [-0.05, 0) is 57.5 Å². The number of amides is 1. The van der Waals surface area contributed by atoms with Gasteiger partial charge in [-0.3, -0.25) is 19.6 Å². The Hall–Kier alpha value is -4.57. The number of aryl methyl sites for hydroxylation is 2. The Bertz CT molecular complexity index is 1390. The predicted molar refractivity (Wildman–Crippen MR) is 148 cm³/mol. The second-order valence-corrected chi connectivity index (χ2v) is 8.17. The molecule has 9 nitrogen and oxygen atoms in total. The number of anilines is 4. The minimum atomic E-state index is -0.557. The van der Waals surface area contributed by atoms with Crippen LogP contribution in [-0.2, 0) is 4.84 Å². The number of nitrogens with one attached hydrogen (secondary N) is 3. The molecule has 0 unspecified atom stereocenters. The summed E-state index contributed by atoms with van der Waals surface area (Å²) in [5.74, 6) is -0.0806. The van der Waals surface area contributed by atoms with Crippen LogP contribution in [0.25, 0.3) is 0 Å². The van der Waals surface area contributed by atoms with Crippen molar-refractivity contribution in [3.05, 3.63) is 89.8 Å². The lowest BCUT2D eigenvalue weighted by Crippen LogP contribution is -2.24. The van der Waals surface area contributed by atoms with Crippen LogP contribution in [0.2, 0.25) is 0 Å². The summed E-state index contributed by atoms with van der Waals surface area (Å²) in [6.45, 7) is 11.1. The van der Waals surface area contributed by atoms with Gasteiger partial charge in [-0.1, -0.05) is 12.6 Å². The molecule has 0 aliphatic rings. The van der Waals surface area contributed by atoms with Crippen molar-refractivity contribution in [1.82, 2.24) is 15.4 Å². The molecule has 0 bridgehead atoms. The number of nitrogens with zero attached hydrogens (tertiary/aromatic N) is 3. The number of para-hydroxylation sites is 1. The number of hydroxylamine groups is 1. The van der Waals surface area contributed by atoms with Crippen LogP contribution in [0, 0.1) is 13.8 Å². The molecule has 198 valence electrons. The number of halogens is 1. The van der Waals surface area contributed by atoms with Crippen molar-refractivity contribution < 1.29 is 18.8 Å². The third kappa shape index (κ3) is 7.01. The number of allylic oxidation sites excluding steroid dienone is 2. The van der Waals surface area contributed by atoms with Gasteiger partial charge in [0.15, 0.2) is 5.75 Å². The van der Waals surface area contributed by atoms with Gasteiger partial charge in [-0.25, -0.2) is 14.9 Å². The third-order valence-electron chi connectivity index (χ3n) is 5.52. The first-order valence-corrected chi connectivity index (χ1v) is 11.9. The molecule has 10 heteroatoms. The zero-order chi connectivity index (χ0) is 27.7. The minimum Gasteiger partial charge on any atom is -0.494 e. The first-order valence-electron chi connectivity index (χ1n) is 11.9. The molecule has 1 amide bonds. The molecule has 3 aromatic rings. The fourth-order valence-corrected chi connectivity index (χ4v) is 3.43. The molecule has 3 rings (SSSR count). The van der Waals surface area contributed by atoms with E-state index in [4.69, 9.17) is 9.57 Å². The molecule has 0 aliphatic carbocycles. The summed E-state index contributed by atoms with van der Waals surface area (Å²) < 4.78 is 19.2. The molecule has 0 radical (unpaired) electrons. The van der Waals surface area contributed by atoms with Gasteiger partial charge in [0.25, 0.3) is 5.91 Å². The Morgan fingerprint density at radius 3 is 2.61 bits per heavy atom. The normalized spacial score (nSPS) is 11.6. The van der Waals surface area contributed by atoms with Crippen LogP contribution < -0.4 is 20.9 Å². The van der Waals surface area contributed by atoms with Gasteiger partial charge in [0, 0.05) is 29.2 Å². The van der Waals surface area contributed by atoms with E-state index in [1.165, 1.54) is 13.3 Å². The zero-order valence-electron chi connectivity index (χ0n) is 22.1. The van der Waals surface area contributed by atoms with Crippen molar-refractivity contribution in [1.29, 1.82) is 0 Å². The molecule has 3 N–H and O–H groups in total. The molecule has 0 saturated carbocycles. The van der Waals surface area contributed by atoms with E-state index in [2.05, 4.69) is 37.7 Å². The number of benzene rings is 1. The average Bonchev–Trinajstić information content (AvgIpc) is 2.92. The molecule has 0 aliphatic heterocycles. The fraction of sp³-hybridized carbons (Fsp3) is 0.214. The number of hydrogen-bond acceptors (Lipinski definition) is 8. The Morgan fingerprint density at radius 2 is 1.92 bits per heavy atom. The maximum atomic E-state index is 13.5. The van der Waals surface area contributed by atoms with Crippen LogP contribution in [0.15, 0.2) is 72.4 Å². The molecular formula is C28H31FN6O3. The quantitative estimate of drug-likeness (QED) is 0.160. The summed E-state index contributed by atoms with van der Waals surface area (Å²) in [6, 6.07) is 9.06. The van der Waals surface area contributed by atoms with Crippen molar-refractivity contribution >= 4 is 34.5 Å². The molecule has 0 spiro atoms. The first-order chi connectivity index (χ1) is 18.3. The highest BCUT2D eigenvalue weighted by Gasteiger charge is 2.17. The number of carbonyl (C=O) groups excluding carboxylic acids is 1. The molecule has 2 aromatic heterocycles. The van der Waals surface area contributed by atoms with Crippen LogP contribution in [0.3, 0.4) is 0 Å². The van der Waals surface area contributed by atoms with E-state index in [0.29, 0.717) is 40.8 Å². The van der Waals surface area contributed by atoms with Crippen molar-refractivity contribution in [2.24, 2.45) is 4.99 Å². The number of aliphatic imine (C=N–C) groups is 1. The Labute approximate surface area is 221 Å². The van der Waals surface area contributed by atoms with Gasteiger partial charge in [0.2, 0.25) is 0 Å². The molecule has 0 fully saturated rings. The van der Waals surface area contributed by atoms with E-state index in [1.807, 2.05) is 19.9 Å². The molecule has 0 atom stereocenters. The number of aromatic nitrogens is 2. The van der Waals surface area contributed by atoms with Crippen molar-refractivity contribution in [2.75, 3.05) is 24.4 Å². The van der Waals surface area contributed by atoms with E-state index in [9.17, 15) is 9.18 Å². The Morgan fingerprint density at radius 1 is 1.13 bits per heavy atom. The highest BCUT2D eigenvalue weighted by atomic mass is 19.1. The second-order valence-electron chi connectivity index (χ2n) is 8.17. The molecule has 0 saturated heterocycles. The SMILES string of the molecule is C=C/C(F)=C\N=C(C)c1cccc(Nc2cc(Nc3cnc(C)c(C)c3)ncc2C(=O)NOCC)c1OC. The Kier molecular flexibility index (Phi) is 9.66. The highest BCUT2D eigenvalue weighted by Crippen LogP contribution is 2.34. The molecular weight excluding hydrogens is 487 g/mol. The lowest BCUT2D eigenvalue weighted by Gasteiger charge is -2.18. The summed E-state index contributed by atoms with van der Waals surface area (Å²) in [5, 5.41) is 6.49. The third-order valence-corrected chi connectivity index (χ3v) is 5.52. The maximum absolute atomic E-state index is 13.5. The van der Waals surface area contributed by atoms with Crippen molar-refractivity contribution in [2.45, 2.75) is 27.7 Å². The summed E-state index contributed by atoms with van der Waals surface area (Å²) in [7, 11) is 1.52. The smallest absolute Gasteiger partial charge is 0.278 e. The lowest BCUT2D eigenvalue weighted by molar-refractivity contribution is 0.0365. The predicted octanol–water partition coefficient (Wildman–Crippen LogP) is 6.08. The van der Waals surface area contributed by atoms with Gasteiger partial charge in [0.1, 0.15) is 11.6 Å². The zero-order valence-corrected chi connectivity index (χ0v) is 22.1. The van der Waals surface area contributed by atoms with Crippen LogP contribution >= 0.6 is 0 Å². The minimum absolute atomic E-state index is 0.246. The molecule has 1 aromatic carbocycles. The van der Waals surface area contributed by atoms with Crippen molar-refractivity contribution in [3.63, 3.8) is 0 Å². The van der Waals surface area contributed by atoms with Crippen LogP contribution in [0.4, 0.5) is 27.3 Å². The van der Waals surface area contributed by atoms with E-state index in [0.717, 1.165) is 29.2 Å². The summed E-state index contributed by atoms with van der Waals surface area (Å²) in [4.78, 5) is 30.9. The summed E-state index contributed by atoms with van der Waals surface area (Å²) in [6.07, 6.45) is 5.31. The van der Waals surface area contributed by atoms with Crippen LogP contribution in [0.5, 0.6) is 5.75 Å².